The summed E-state index contributed by atoms with van der Waals surface area (Å²) in [5.41, 5.74) is 0. The van der Waals surface area contributed by atoms with E-state index >= 15 is 0 Å². The Morgan fingerprint density at radius 1 is 1.05 bits per heavy atom. The van der Waals surface area contributed by atoms with Crippen LogP contribution in [0.3, 0.4) is 0 Å². The summed E-state index contributed by atoms with van der Waals surface area (Å²) in [7, 11) is 5.98. The smallest absolute Gasteiger partial charge is 0.223 e. The molecule has 1 aliphatic heterocycles. The second kappa shape index (κ2) is 9.72. The lowest BCUT2D eigenvalue weighted by Gasteiger charge is -2.35. The Morgan fingerprint density at radius 2 is 1.62 bits per heavy atom. The van der Waals surface area contributed by atoms with E-state index < -0.39 is 0 Å². The maximum absolute atomic E-state index is 11.9. The van der Waals surface area contributed by atoms with E-state index in [-0.39, 0.29) is 5.91 Å². The van der Waals surface area contributed by atoms with E-state index in [2.05, 4.69) is 34.9 Å². The molecule has 1 saturated heterocycles. The summed E-state index contributed by atoms with van der Waals surface area (Å²) in [5, 5.41) is 8.53. The molecule has 6 heteroatoms. The number of likely N-dealkylation sites (N-methyl/N-ethyl adjacent to an activating group) is 1. The third-order valence-corrected chi connectivity index (χ3v) is 3.96. The van der Waals surface area contributed by atoms with E-state index in [0.717, 1.165) is 45.8 Å². The summed E-state index contributed by atoms with van der Waals surface area (Å²) in [6.45, 7) is 7.85. The zero-order valence-corrected chi connectivity index (χ0v) is 13.7. The Balaban J connectivity index is 2.15. The zero-order chi connectivity index (χ0) is 15.7. The summed E-state index contributed by atoms with van der Waals surface area (Å²) in [6, 6.07) is 2.07. The van der Waals surface area contributed by atoms with Gasteiger partial charge in [-0.2, -0.15) is 5.26 Å². The number of carbonyl (C=O) groups is 1. The van der Waals surface area contributed by atoms with Gasteiger partial charge < -0.3 is 14.7 Å². The van der Waals surface area contributed by atoms with Crippen LogP contribution in [0.4, 0.5) is 0 Å². The van der Waals surface area contributed by atoms with Crippen molar-refractivity contribution in [2.45, 2.75) is 12.8 Å². The van der Waals surface area contributed by atoms with Crippen LogP contribution in [0, 0.1) is 11.3 Å². The number of piperazine rings is 1. The fraction of sp³-hybridized carbons (Fsp3) is 0.867. The molecule has 0 N–H and O–H groups in total. The van der Waals surface area contributed by atoms with Crippen LogP contribution in [0.15, 0.2) is 0 Å². The summed E-state index contributed by atoms with van der Waals surface area (Å²) in [4.78, 5) is 20.6. The average molecular weight is 295 g/mol. The minimum Gasteiger partial charge on any atom is -0.345 e. The van der Waals surface area contributed by atoms with Gasteiger partial charge in [0, 0.05) is 65.8 Å². The van der Waals surface area contributed by atoms with E-state index in [0.29, 0.717) is 19.4 Å². The van der Waals surface area contributed by atoms with Gasteiger partial charge in [0.25, 0.3) is 0 Å². The van der Waals surface area contributed by atoms with Crippen molar-refractivity contribution >= 4 is 5.91 Å². The number of nitrogens with zero attached hydrogens (tertiary/aromatic N) is 5. The summed E-state index contributed by atoms with van der Waals surface area (Å²) in [5.74, 6) is 0.139. The average Bonchev–Trinajstić information content (AvgIpc) is 2.49. The molecule has 0 unspecified atom stereocenters. The summed E-state index contributed by atoms with van der Waals surface area (Å²) in [6.07, 6.45) is 0.965. The lowest BCUT2D eigenvalue weighted by atomic mass is 10.2. The first kappa shape index (κ1) is 17.9. The Labute approximate surface area is 128 Å². The Kier molecular flexibility index (Phi) is 8.28. The molecule has 120 valence electrons. The van der Waals surface area contributed by atoms with Crippen molar-refractivity contribution in [1.29, 1.82) is 5.26 Å². The molecule has 1 fully saturated rings. The minimum atomic E-state index is 0.139. The highest BCUT2D eigenvalue weighted by Crippen LogP contribution is 2.03. The van der Waals surface area contributed by atoms with E-state index in [9.17, 15) is 4.79 Å². The van der Waals surface area contributed by atoms with Crippen LogP contribution >= 0.6 is 0 Å². The van der Waals surface area contributed by atoms with E-state index in [1.165, 1.54) is 0 Å². The van der Waals surface area contributed by atoms with Crippen LogP contribution < -0.4 is 0 Å². The number of carbonyl (C=O) groups excluding carboxylic acids is 1. The topological polar surface area (TPSA) is 53.8 Å². The maximum Gasteiger partial charge on any atom is 0.223 e. The molecular formula is C15H29N5O. The highest BCUT2D eigenvalue weighted by atomic mass is 16.2. The van der Waals surface area contributed by atoms with Gasteiger partial charge in [-0.3, -0.25) is 9.69 Å². The summed E-state index contributed by atoms with van der Waals surface area (Å²) >= 11 is 0. The second-order valence-corrected chi connectivity index (χ2v) is 5.96. The van der Waals surface area contributed by atoms with Gasteiger partial charge >= 0.3 is 0 Å². The molecule has 1 aliphatic rings. The fourth-order valence-electron chi connectivity index (χ4n) is 2.36. The van der Waals surface area contributed by atoms with Crippen molar-refractivity contribution in [3.05, 3.63) is 0 Å². The SMILES string of the molecule is CN(C)CCN1CCN(CCC(=O)N(C)CCC#N)CC1. The molecule has 0 aromatic heterocycles. The molecule has 1 amide bonds. The van der Waals surface area contributed by atoms with E-state index in [1.54, 1.807) is 11.9 Å². The van der Waals surface area contributed by atoms with E-state index in [4.69, 9.17) is 5.26 Å². The first-order chi connectivity index (χ1) is 10.0. The molecular weight excluding hydrogens is 266 g/mol. The molecule has 0 spiro atoms. The lowest BCUT2D eigenvalue weighted by Crippen LogP contribution is -2.48. The quantitative estimate of drug-likeness (QED) is 0.627. The first-order valence-electron chi connectivity index (χ1n) is 7.73. The number of hydrogen-bond donors (Lipinski definition) is 0. The zero-order valence-electron chi connectivity index (χ0n) is 13.7. The number of rotatable bonds is 8. The number of hydrogen-bond acceptors (Lipinski definition) is 5. The van der Waals surface area contributed by atoms with Crippen LogP contribution in [0.5, 0.6) is 0 Å². The number of amides is 1. The molecule has 0 aliphatic carbocycles. The molecule has 0 saturated carbocycles. The Morgan fingerprint density at radius 3 is 2.14 bits per heavy atom. The molecule has 6 nitrogen and oxygen atoms in total. The first-order valence-corrected chi connectivity index (χ1v) is 7.73. The van der Waals surface area contributed by atoms with Crippen molar-refractivity contribution in [3.63, 3.8) is 0 Å². The standard InChI is InChI=1S/C15H29N5O/c1-17(2)9-10-20-13-11-19(12-14-20)8-5-15(21)18(3)7-4-6-16/h4-5,7-14H2,1-3H3. The minimum absolute atomic E-state index is 0.139. The molecule has 1 rings (SSSR count). The Hall–Kier alpha value is -1.16. The molecule has 0 radical (unpaired) electrons. The maximum atomic E-state index is 11.9. The van der Waals surface area contributed by atoms with Gasteiger partial charge in [-0.15, -0.1) is 0 Å². The van der Waals surface area contributed by atoms with Crippen molar-refractivity contribution in [1.82, 2.24) is 19.6 Å². The van der Waals surface area contributed by atoms with Crippen LogP contribution in [0.25, 0.3) is 0 Å². The van der Waals surface area contributed by atoms with Crippen LogP contribution in [0.2, 0.25) is 0 Å². The third kappa shape index (κ3) is 7.42. The summed E-state index contributed by atoms with van der Waals surface area (Å²) < 4.78 is 0. The van der Waals surface area contributed by atoms with Crippen molar-refractivity contribution < 1.29 is 4.79 Å². The number of nitriles is 1. The predicted molar refractivity (Wildman–Crippen MR) is 83.9 cm³/mol. The van der Waals surface area contributed by atoms with Gasteiger partial charge in [-0.05, 0) is 14.1 Å². The van der Waals surface area contributed by atoms with Crippen LogP contribution in [0.1, 0.15) is 12.8 Å². The largest absolute Gasteiger partial charge is 0.345 e. The molecule has 21 heavy (non-hydrogen) atoms. The Bertz CT molecular complexity index is 344. The van der Waals surface area contributed by atoms with Gasteiger partial charge in [-0.1, -0.05) is 0 Å². The molecule has 0 aromatic carbocycles. The monoisotopic (exact) mass is 295 g/mol. The van der Waals surface area contributed by atoms with Crippen LogP contribution in [-0.2, 0) is 4.79 Å². The molecule has 1 heterocycles. The molecule has 0 aromatic rings. The van der Waals surface area contributed by atoms with Crippen molar-refractivity contribution in [3.8, 4) is 6.07 Å². The van der Waals surface area contributed by atoms with Crippen molar-refractivity contribution in [2.24, 2.45) is 0 Å². The highest BCUT2D eigenvalue weighted by molar-refractivity contribution is 5.76. The lowest BCUT2D eigenvalue weighted by molar-refractivity contribution is -0.130. The van der Waals surface area contributed by atoms with Gasteiger partial charge in [0.1, 0.15) is 0 Å². The van der Waals surface area contributed by atoms with Gasteiger partial charge in [0.2, 0.25) is 5.91 Å². The highest BCUT2D eigenvalue weighted by Gasteiger charge is 2.18. The van der Waals surface area contributed by atoms with Crippen molar-refractivity contribution in [2.75, 3.05) is 73.5 Å². The van der Waals surface area contributed by atoms with E-state index in [1.807, 2.05) is 0 Å². The molecule has 0 bridgehead atoms. The van der Waals surface area contributed by atoms with Crippen LogP contribution in [-0.4, -0.2) is 99.0 Å². The molecule has 0 atom stereocenters. The third-order valence-electron chi connectivity index (χ3n) is 3.96. The van der Waals surface area contributed by atoms with Gasteiger partial charge in [0.15, 0.2) is 0 Å². The normalized spacial score (nSPS) is 16.9. The second-order valence-electron chi connectivity index (χ2n) is 5.96. The predicted octanol–water partition coefficient (Wildman–Crippen LogP) is -0.0722. The van der Waals surface area contributed by atoms with Gasteiger partial charge in [-0.25, -0.2) is 0 Å². The van der Waals surface area contributed by atoms with Gasteiger partial charge in [0.05, 0.1) is 12.5 Å². The fourth-order valence-corrected chi connectivity index (χ4v) is 2.36.